The van der Waals surface area contributed by atoms with E-state index in [1.807, 2.05) is 0 Å². The van der Waals surface area contributed by atoms with Crippen LogP contribution in [0.15, 0.2) is 33.8 Å². The third-order valence-electron chi connectivity index (χ3n) is 4.71. The van der Waals surface area contributed by atoms with Crippen LogP contribution in [-0.4, -0.2) is 37.1 Å². The molecule has 1 atom stereocenters. The van der Waals surface area contributed by atoms with E-state index in [0.29, 0.717) is 31.5 Å². The van der Waals surface area contributed by atoms with Crippen LogP contribution in [0, 0.1) is 11.6 Å². The Labute approximate surface area is 164 Å². The molecule has 1 aliphatic heterocycles. The molecule has 0 amide bonds. The third-order valence-corrected chi connectivity index (χ3v) is 4.71. The van der Waals surface area contributed by atoms with Gasteiger partial charge in [-0.25, -0.2) is 13.8 Å². The zero-order valence-corrected chi connectivity index (χ0v) is 16.7. The summed E-state index contributed by atoms with van der Waals surface area (Å²) in [7, 11) is 1.68. The minimum Gasteiger partial charge on any atom is -0.443 e. The monoisotopic (exact) mass is 391 g/mol. The summed E-state index contributed by atoms with van der Waals surface area (Å²) in [6.45, 7) is 7.65. The molecule has 0 aliphatic carbocycles. The van der Waals surface area contributed by atoms with Crippen molar-refractivity contribution in [3.8, 4) is 0 Å². The van der Waals surface area contributed by atoms with E-state index in [4.69, 9.17) is 4.42 Å². The molecule has 8 heteroatoms. The van der Waals surface area contributed by atoms with Crippen molar-refractivity contribution in [1.82, 2.24) is 15.6 Å². The Morgan fingerprint density at radius 1 is 1.32 bits per heavy atom. The first-order chi connectivity index (χ1) is 13.3. The van der Waals surface area contributed by atoms with Crippen LogP contribution in [-0.2, 0) is 12.0 Å². The molecule has 0 bridgehead atoms. The molecule has 6 nitrogen and oxygen atoms in total. The lowest BCUT2D eigenvalue weighted by molar-refractivity contribution is 0.379. The van der Waals surface area contributed by atoms with E-state index in [-0.39, 0.29) is 17.1 Å². The number of hydrogen-bond acceptors (Lipinski definition) is 4. The summed E-state index contributed by atoms with van der Waals surface area (Å²) in [4.78, 5) is 10.2. The van der Waals surface area contributed by atoms with Crippen LogP contribution in [0.5, 0.6) is 0 Å². The lowest BCUT2D eigenvalue weighted by Crippen LogP contribution is -2.44. The summed E-state index contributed by atoms with van der Waals surface area (Å²) in [5.41, 5.74) is -0.0651. The van der Waals surface area contributed by atoms with Gasteiger partial charge in [0, 0.05) is 31.6 Å². The molecule has 2 aromatic rings. The van der Waals surface area contributed by atoms with Gasteiger partial charge < -0.3 is 20.0 Å². The molecule has 2 N–H and O–H groups in total. The first-order valence-electron chi connectivity index (χ1n) is 9.39. The molecule has 1 aliphatic rings. The van der Waals surface area contributed by atoms with Gasteiger partial charge in [-0.3, -0.25) is 4.99 Å². The largest absolute Gasteiger partial charge is 0.443 e. The summed E-state index contributed by atoms with van der Waals surface area (Å²) in [6.07, 6.45) is 2.49. The van der Waals surface area contributed by atoms with Gasteiger partial charge in [0.25, 0.3) is 0 Å². The average Bonchev–Trinajstić information content (AvgIpc) is 3.28. The van der Waals surface area contributed by atoms with Crippen molar-refractivity contribution in [2.75, 3.05) is 25.0 Å². The van der Waals surface area contributed by atoms with Gasteiger partial charge in [-0.15, -0.1) is 0 Å². The van der Waals surface area contributed by atoms with Crippen molar-refractivity contribution in [2.24, 2.45) is 4.99 Å². The van der Waals surface area contributed by atoms with Gasteiger partial charge in [0.05, 0.1) is 12.7 Å². The van der Waals surface area contributed by atoms with Crippen molar-refractivity contribution in [2.45, 2.75) is 45.2 Å². The number of benzene rings is 1. The van der Waals surface area contributed by atoms with E-state index < -0.39 is 11.6 Å². The van der Waals surface area contributed by atoms with Crippen LogP contribution in [0.3, 0.4) is 0 Å². The zero-order valence-electron chi connectivity index (χ0n) is 16.7. The fourth-order valence-corrected chi connectivity index (χ4v) is 3.16. The molecular weight excluding hydrogens is 364 g/mol. The van der Waals surface area contributed by atoms with E-state index in [2.05, 4.69) is 41.4 Å². The van der Waals surface area contributed by atoms with E-state index in [0.717, 1.165) is 12.2 Å². The van der Waals surface area contributed by atoms with Crippen molar-refractivity contribution >= 4 is 11.6 Å². The number of rotatable bonds is 4. The molecule has 0 radical (unpaired) electrons. The molecule has 1 aromatic carbocycles. The number of oxazole rings is 1. The number of guanidine groups is 1. The lowest BCUT2D eigenvalue weighted by Gasteiger charge is -2.21. The summed E-state index contributed by atoms with van der Waals surface area (Å²) < 4.78 is 33.8. The van der Waals surface area contributed by atoms with Crippen LogP contribution < -0.4 is 15.5 Å². The fraction of sp³-hybridized carbons (Fsp3) is 0.500. The quantitative estimate of drug-likeness (QED) is 0.619. The predicted octanol–water partition coefficient (Wildman–Crippen LogP) is 3.19. The maximum absolute atomic E-state index is 14.0. The number of nitrogens with zero attached hydrogens (tertiary/aromatic N) is 3. The van der Waals surface area contributed by atoms with Crippen LogP contribution >= 0.6 is 0 Å². The molecule has 3 rings (SSSR count). The Morgan fingerprint density at radius 2 is 2.04 bits per heavy atom. The molecule has 2 heterocycles. The van der Waals surface area contributed by atoms with Gasteiger partial charge in [0.1, 0.15) is 23.1 Å². The van der Waals surface area contributed by atoms with Gasteiger partial charge in [-0.1, -0.05) is 26.8 Å². The van der Waals surface area contributed by atoms with E-state index in [1.54, 1.807) is 18.1 Å². The molecule has 0 spiro atoms. The molecule has 1 aromatic heterocycles. The highest BCUT2D eigenvalue weighted by atomic mass is 19.1. The highest BCUT2D eigenvalue weighted by Gasteiger charge is 2.27. The summed E-state index contributed by atoms with van der Waals surface area (Å²) >= 11 is 0. The van der Waals surface area contributed by atoms with Crippen LogP contribution in [0.2, 0.25) is 0 Å². The van der Waals surface area contributed by atoms with Crippen LogP contribution in [0.1, 0.15) is 38.8 Å². The Morgan fingerprint density at radius 3 is 2.64 bits per heavy atom. The van der Waals surface area contributed by atoms with Gasteiger partial charge in [0.2, 0.25) is 5.89 Å². The van der Waals surface area contributed by atoms with Crippen molar-refractivity contribution < 1.29 is 13.2 Å². The molecule has 1 unspecified atom stereocenters. The summed E-state index contributed by atoms with van der Waals surface area (Å²) in [5.74, 6) is 0.916. The first kappa shape index (κ1) is 20.1. The van der Waals surface area contributed by atoms with Gasteiger partial charge in [-0.2, -0.15) is 0 Å². The lowest BCUT2D eigenvalue weighted by atomic mass is 9.94. The summed E-state index contributed by atoms with van der Waals surface area (Å²) in [6, 6.07) is 3.96. The number of aromatic nitrogens is 1. The Hall–Kier alpha value is -2.64. The van der Waals surface area contributed by atoms with Gasteiger partial charge >= 0.3 is 0 Å². The predicted molar refractivity (Wildman–Crippen MR) is 106 cm³/mol. The second-order valence-corrected chi connectivity index (χ2v) is 7.94. The SMILES string of the molecule is CN=C(NCc1ncc(C(C)(C)C)o1)NC1CCN(c2c(F)cccc2F)C1. The standard InChI is InChI=1S/C20H27F2N5O/c1-20(2,3)16-10-24-17(28-16)11-25-19(23-4)26-13-8-9-27(12-13)18-14(21)6-5-7-15(18)22/h5-7,10,13H,8-9,11-12H2,1-4H3,(H2,23,25,26). The fourth-order valence-electron chi connectivity index (χ4n) is 3.16. The minimum atomic E-state index is -0.540. The Bertz CT molecular complexity index is 823. The molecule has 152 valence electrons. The maximum atomic E-state index is 14.0. The normalized spacial score (nSPS) is 17.9. The van der Waals surface area contributed by atoms with Gasteiger partial charge in [0.15, 0.2) is 5.96 Å². The van der Waals surface area contributed by atoms with Crippen molar-refractivity contribution in [3.05, 3.63) is 47.7 Å². The minimum absolute atomic E-state index is 0.0277. The highest BCUT2D eigenvalue weighted by molar-refractivity contribution is 5.80. The van der Waals surface area contributed by atoms with E-state index in [1.165, 1.54) is 18.2 Å². The smallest absolute Gasteiger partial charge is 0.213 e. The molecule has 28 heavy (non-hydrogen) atoms. The van der Waals surface area contributed by atoms with E-state index in [9.17, 15) is 8.78 Å². The average molecular weight is 391 g/mol. The second kappa shape index (κ2) is 8.16. The van der Waals surface area contributed by atoms with Crippen LogP contribution in [0.25, 0.3) is 0 Å². The zero-order chi connectivity index (χ0) is 20.3. The number of aliphatic imine (C=N–C) groups is 1. The van der Waals surface area contributed by atoms with Crippen LogP contribution in [0.4, 0.5) is 14.5 Å². The highest BCUT2D eigenvalue weighted by Crippen LogP contribution is 2.26. The number of nitrogens with one attached hydrogen (secondary N) is 2. The number of para-hydroxylation sites is 1. The molecule has 1 saturated heterocycles. The Balaban J connectivity index is 1.55. The Kier molecular flexibility index (Phi) is 5.86. The van der Waals surface area contributed by atoms with E-state index >= 15 is 0 Å². The second-order valence-electron chi connectivity index (χ2n) is 7.94. The maximum Gasteiger partial charge on any atom is 0.213 e. The third kappa shape index (κ3) is 4.61. The summed E-state index contributed by atoms with van der Waals surface area (Å²) in [5, 5.41) is 6.47. The number of hydrogen-bond donors (Lipinski definition) is 2. The van der Waals surface area contributed by atoms with Crippen molar-refractivity contribution in [1.29, 1.82) is 0 Å². The topological polar surface area (TPSA) is 65.7 Å². The van der Waals surface area contributed by atoms with Gasteiger partial charge in [-0.05, 0) is 18.6 Å². The number of anilines is 1. The molecule has 1 fully saturated rings. The first-order valence-corrected chi connectivity index (χ1v) is 9.39. The number of halogens is 2. The molecule has 0 saturated carbocycles. The molecular formula is C20H27F2N5O. The van der Waals surface area contributed by atoms with Crippen molar-refractivity contribution in [3.63, 3.8) is 0 Å².